The number of hydrogen-bond donors (Lipinski definition) is 1. The quantitative estimate of drug-likeness (QED) is 0.588. The topological polar surface area (TPSA) is 59.0 Å². The highest BCUT2D eigenvalue weighted by Gasteiger charge is 2.22. The van der Waals surface area contributed by atoms with E-state index < -0.39 is 0 Å². The van der Waals surface area contributed by atoms with E-state index in [0.717, 1.165) is 71.9 Å². The van der Waals surface area contributed by atoms with Crippen molar-refractivity contribution < 1.29 is 4.74 Å². The minimum absolute atomic E-state index is 0.748. The highest BCUT2D eigenvalue weighted by Crippen LogP contribution is 2.37. The SMILES string of the molecule is c1nc2cc(-c3nc4cc(N5CCCC5)cc5c4n3CCCO5)ccc2[nH]1. The average molecular weight is 359 g/mol. The van der Waals surface area contributed by atoms with Crippen LogP contribution in [-0.2, 0) is 6.54 Å². The second-order valence-corrected chi connectivity index (χ2v) is 7.43. The zero-order valence-corrected chi connectivity index (χ0v) is 15.1. The van der Waals surface area contributed by atoms with E-state index in [1.54, 1.807) is 6.33 Å². The van der Waals surface area contributed by atoms with Gasteiger partial charge in [-0.2, -0.15) is 0 Å². The Morgan fingerprint density at radius 2 is 1.89 bits per heavy atom. The van der Waals surface area contributed by atoms with Crippen molar-refractivity contribution in [2.75, 3.05) is 24.6 Å². The smallest absolute Gasteiger partial charge is 0.147 e. The van der Waals surface area contributed by atoms with Gasteiger partial charge in [0.15, 0.2) is 0 Å². The number of ether oxygens (including phenoxy) is 1. The maximum absolute atomic E-state index is 6.12. The van der Waals surface area contributed by atoms with E-state index in [-0.39, 0.29) is 0 Å². The molecule has 1 fully saturated rings. The van der Waals surface area contributed by atoms with E-state index in [9.17, 15) is 0 Å². The highest BCUT2D eigenvalue weighted by atomic mass is 16.5. The zero-order valence-electron chi connectivity index (χ0n) is 15.1. The number of rotatable bonds is 2. The van der Waals surface area contributed by atoms with Crippen LogP contribution in [0.4, 0.5) is 5.69 Å². The standard InChI is InChI=1S/C21H21N5O/c1-2-7-25(6-1)15-11-18-20-19(12-15)27-9-3-8-26(20)21(24-18)14-4-5-16-17(10-14)23-13-22-16/h4-5,10-13H,1-3,6-9H2,(H,22,23). The van der Waals surface area contributed by atoms with Gasteiger partial charge in [-0.25, -0.2) is 9.97 Å². The maximum Gasteiger partial charge on any atom is 0.147 e. The summed E-state index contributed by atoms with van der Waals surface area (Å²) in [5.74, 6) is 1.96. The van der Waals surface area contributed by atoms with Gasteiger partial charge in [0.25, 0.3) is 0 Å². The molecule has 1 saturated heterocycles. The Morgan fingerprint density at radius 3 is 2.81 bits per heavy atom. The Labute approximate surface area is 156 Å². The number of aryl methyl sites for hydroxylation is 1. The van der Waals surface area contributed by atoms with E-state index in [0.29, 0.717) is 0 Å². The number of benzene rings is 2. The van der Waals surface area contributed by atoms with Gasteiger partial charge in [-0.3, -0.25) is 0 Å². The van der Waals surface area contributed by atoms with Gasteiger partial charge in [0.2, 0.25) is 0 Å². The van der Waals surface area contributed by atoms with Crippen molar-refractivity contribution >= 4 is 27.8 Å². The number of anilines is 1. The molecule has 6 nitrogen and oxygen atoms in total. The Bertz CT molecular complexity index is 1150. The molecule has 0 atom stereocenters. The number of fused-ring (bicyclic) bond motifs is 1. The van der Waals surface area contributed by atoms with Crippen LogP contribution in [0.1, 0.15) is 19.3 Å². The summed E-state index contributed by atoms with van der Waals surface area (Å²) in [4.78, 5) is 15.0. The third-order valence-electron chi connectivity index (χ3n) is 5.73. The molecule has 0 amide bonds. The molecule has 2 aromatic heterocycles. The Hall–Kier alpha value is -3.02. The third-order valence-corrected chi connectivity index (χ3v) is 5.73. The average Bonchev–Trinajstić information content (AvgIpc) is 3.40. The summed E-state index contributed by atoms with van der Waals surface area (Å²) in [7, 11) is 0. The molecular weight excluding hydrogens is 338 g/mol. The summed E-state index contributed by atoms with van der Waals surface area (Å²) in [6.45, 7) is 3.90. The molecule has 2 aliphatic heterocycles. The molecule has 2 aliphatic rings. The fourth-order valence-electron chi connectivity index (χ4n) is 4.40. The minimum Gasteiger partial charge on any atom is -0.491 e. The Morgan fingerprint density at radius 1 is 0.963 bits per heavy atom. The lowest BCUT2D eigenvalue weighted by Crippen LogP contribution is -2.17. The molecule has 0 saturated carbocycles. The predicted molar refractivity (Wildman–Crippen MR) is 106 cm³/mol. The van der Waals surface area contributed by atoms with Crippen LogP contribution in [0.5, 0.6) is 5.75 Å². The lowest BCUT2D eigenvalue weighted by Gasteiger charge is -2.18. The predicted octanol–water partition coefficient (Wildman–Crippen LogP) is 3.96. The number of nitrogens with one attached hydrogen (secondary N) is 1. The summed E-state index contributed by atoms with van der Waals surface area (Å²) in [6.07, 6.45) is 5.24. The molecule has 0 bridgehead atoms. The molecule has 0 spiro atoms. The molecule has 0 radical (unpaired) electrons. The Balaban J connectivity index is 1.57. The summed E-state index contributed by atoms with van der Waals surface area (Å²) >= 11 is 0. The fourth-order valence-corrected chi connectivity index (χ4v) is 4.40. The summed E-state index contributed by atoms with van der Waals surface area (Å²) in [5, 5.41) is 0. The summed E-state index contributed by atoms with van der Waals surface area (Å²) in [5.41, 5.74) is 6.49. The molecule has 0 aliphatic carbocycles. The van der Waals surface area contributed by atoms with Crippen LogP contribution in [0.15, 0.2) is 36.7 Å². The number of H-pyrrole nitrogens is 1. The normalized spacial score (nSPS) is 16.8. The van der Waals surface area contributed by atoms with E-state index in [4.69, 9.17) is 9.72 Å². The van der Waals surface area contributed by atoms with Crippen molar-refractivity contribution in [3.05, 3.63) is 36.7 Å². The second-order valence-electron chi connectivity index (χ2n) is 7.43. The van der Waals surface area contributed by atoms with Crippen LogP contribution >= 0.6 is 0 Å². The van der Waals surface area contributed by atoms with Crippen molar-refractivity contribution in [1.82, 2.24) is 19.5 Å². The van der Waals surface area contributed by atoms with Gasteiger partial charge in [0.05, 0.1) is 29.5 Å². The van der Waals surface area contributed by atoms with Gasteiger partial charge in [-0.15, -0.1) is 0 Å². The van der Waals surface area contributed by atoms with Crippen molar-refractivity contribution in [2.45, 2.75) is 25.8 Å². The molecule has 4 heterocycles. The zero-order chi connectivity index (χ0) is 17.8. The van der Waals surface area contributed by atoms with Gasteiger partial charge in [0.1, 0.15) is 17.1 Å². The van der Waals surface area contributed by atoms with Crippen LogP contribution in [0.3, 0.4) is 0 Å². The summed E-state index contributed by atoms with van der Waals surface area (Å²) in [6, 6.07) is 10.7. The first-order chi connectivity index (χ1) is 13.4. The van der Waals surface area contributed by atoms with Crippen molar-refractivity contribution in [2.24, 2.45) is 0 Å². The molecule has 1 N–H and O–H groups in total. The minimum atomic E-state index is 0.748. The number of imidazole rings is 2. The molecule has 6 heteroatoms. The maximum atomic E-state index is 6.12. The van der Waals surface area contributed by atoms with Gasteiger partial charge in [0, 0.05) is 37.0 Å². The van der Waals surface area contributed by atoms with Crippen molar-refractivity contribution in [3.63, 3.8) is 0 Å². The Kier molecular flexibility index (Phi) is 3.21. The van der Waals surface area contributed by atoms with Gasteiger partial charge >= 0.3 is 0 Å². The first kappa shape index (κ1) is 15.1. The van der Waals surface area contributed by atoms with Crippen molar-refractivity contribution in [3.8, 4) is 17.1 Å². The molecule has 27 heavy (non-hydrogen) atoms. The molecule has 4 aromatic rings. The molecule has 2 aromatic carbocycles. The second kappa shape index (κ2) is 5.74. The van der Waals surface area contributed by atoms with E-state index in [1.807, 2.05) is 0 Å². The van der Waals surface area contributed by atoms with Gasteiger partial charge in [-0.1, -0.05) is 0 Å². The van der Waals surface area contributed by atoms with Crippen LogP contribution in [0.25, 0.3) is 33.5 Å². The van der Waals surface area contributed by atoms with Gasteiger partial charge in [-0.05, 0) is 43.5 Å². The molecule has 6 rings (SSSR count). The monoisotopic (exact) mass is 359 g/mol. The lowest BCUT2D eigenvalue weighted by molar-refractivity contribution is 0.316. The number of aromatic amines is 1. The summed E-state index contributed by atoms with van der Waals surface area (Å²) < 4.78 is 8.44. The fraction of sp³-hybridized carbons (Fsp3) is 0.333. The highest BCUT2D eigenvalue weighted by molar-refractivity contribution is 5.91. The number of nitrogens with zero attached hydrogens (tertiary/aromatic N) is 4. The first-order valence-electron chi connectivity index (χ1n) is 9.72. The third kappa shape index (κ3) is 2.32. The number of aromatic nitrogens is 4. The lowest BCUT2D eigenvalue weighted by atomic mass is 10.2. The largest absolute Gasteiger partial charge is 0.491 e. The van der Waals surface area contributed by atoms with E-state index >= 15 is 0 Å². The molecule has 0 unspecified atom stereocenters. The van der Waals surface area contributed by atoms with Crippen LogP contribution < -0.4 is 9.64 Å². The van der Waals surface area contributed by atoms with Crippen LogP contribution in [-0.4, -0.2) is 39.2 Å². The number of hydrogen-bond acceptors (Lipinski definition) is 4. The van der Waals surface area contributed by atoms with Crippen molar-refractivity contribution in [1.29, 1.82) is 0 Å². The van der Waals surface area contributed by atoms with Crippen LogP contribution in [0.2, 0.25) is 0 Å². The van der Waals surface area contributed by atoms with E-state index in [1.165, 1.54) is 18.5 Å². The van der Waals surface area contributed by atoms with Crippen LogP contribution in [0, 0.1) is 0 Å². The molecular formula is C21H21N5O. The van der Waals surface area contributed by atoms with E-state index in [2.05, 4.69) is 49.8 Å². The van der Waals surface area contributed by atoms with Gasteiger partial charge < -0.3 is 19.2 Å². The molecule has 136 valence electrons. The first-order valence-corrected chi connectivity index (χ1v) is 9.72.